The summed E-state index contributed by atoms with van der Waals surface area (Å²) in [4.78, 5) is 7.08. The van der Waals surface area contributed by atoms with Crippen LogP contribution < -0.4 is 10.5 Å². The summed E-state index contributed by atoms with van der Waals surface area (Å²) in [6.07, 6.45) is 0.853. The van der Waals surface area contributed by atoms with E-state index < -0.39 is 17.5 Å². The molecule has 0 fully saturated rings. The number of ether oxygens (including phenoxy) is 1. The summed E-state index contributed by atoms with van der Waals surface area (Å²) in [5, 5.41) is 0. The van der Waals surface area contributed by atoms with Gasteiger partial charge in [0.05, 0.1) is 6.20 Å². The van der Waals surface area contributed by atoms with E-state index in [1.54, 1.807) is 6.92 Å². The summed E-state index contributed by atoms with van der Waals surface area (Å²) < 4.78 is 44.3. The van der Waals surface area contributed by atoms with Crippen LogP contribution in [-0.4, -0.2) is 9.97 Å². The molecule has 0 aliphatic heterocycles. The van der Waals surface area contributed by atoms with E-state index in [4.69, 9.17) is 10.5 Å². The predicted molar refractivity (Wildman–Crippen MR) is 61.8 cm³/mol. The molecule has 0 aliphatic rings. The second kappa shape index (κ2) is 5.13. The van der Waals surface area contributed by atoms with Gasteiger partial charge < -0.3 is 10.5 Å². The van der Waals surface area contributed by atoms with Gasteiger partial charge >= 0.3 is 6.01 Å². The Morgan fingerprint density at radius 1 is 1.21 bits per heavy atom. The Balaban J connectivity index is 2.16. The topological polar surface area (TPSA) is 61.0 Å². The van der Waals surface area contributed by atoms with E-state index >= 15 is 0 Å². The Bertz CT molecular complexity index is 596. The minimum Gasteiger partial charge on any atom is -0.458 e. The number of nitrogens with two attached hydrogens (primary N) is 1. The molecule has 2 N–H and O–H groups in total. The van der Waals surface area contributed by atoms with E-state index in [2.05, 4.69) is 9.97 Å². The Labute approximate surface area is 107 Å². The molecule has 0 saturated heterocycles. The maximum Gasteiger partial charge on any atom is 0.318 e. The fourth-order valence-electron chi connectivity index (χ4n) is 1.48. The molecule has 0 aliphatic carbocycles. The largest absolute Gasteiger partial charge is 0.458 e. The predicted octanol–water partition coefficient (Wildman–Crippen LogP) is 2.36. The van der Waals surface area contributed by atoms with Gasteiger partial charge in [0.15, 0.2) is 11.6 Å². The summed E-state index contributed by atoms with van der Waals surface area (Å²) in [7, 11) is 0. The number of hydrogen-bond donors (Lipinski definition) is 1. The third-order valence-corrected chi connectivity index (χ3v) is 2.48. The van der Waals surface area contributed by atoms with Crippen LogP contribution >= 0.6 is 0 Å². The molecule has 0 spiro atoms. The van der Waals surface area contributed by atoms with E-state index in [9.17, 15) is 13.2 Å². The van der Waals surface area contributed by atoms with Crippen molar-refractivity contribution in [3.05, 3.63) is 46.9 Å². The Hall–Kier alpha value is -2.31. The van der Waals surface area contributed by atoms with Crippen molar-refractivity contribution >= 4 is 5.82 Å². The highest BCUT2D eigenvalue weighted by atomic mass is 19.1. The molecule has 7 heteroatoms. The van der Waals surface area contributed by atoms with Crippen molar-refractivity contribution < 1.29 is 17.9 Å². The molecule has 0 atom stereocenters. The quantitative estimate of drug-likeness (QED) is 0.929. The number of hydrogen-bond acceptors (Lipinski definition) is 4. The van der Waals surface area contributed by atoms with Crippen molar-refractivity contribution in [2.24, 2.45) is 0 Å². The maximum atomic E-state index is 13.5. The van der Waals surface area contributed by atoms with Gasteiger partial charge in [-0.1, -0.05) is 0 Å². The molecule has 0 bridgehead atoms. The van der Waals surface area contributed by atoms with E-state index in [0.717, 1.165) is 12.3 Å². The molecule has 2 rings (SSSR count). The average Bonchev–Trinajstić information content (AvgIpc) is 2.32. The van der Waals surface area contributed by atoms with Crippen LogP contribution in [0.1, 0.15) is 11.1 Å². The van der Waals surface area contributed by atoms with Crippen LogP contribution in [0.4, 0.5) is 19.0 Å². The van der Waals surface area contributed by atoms with Crippen molar-refractivity contribution in [1.82, 2.24) is 9.97 Å². The van der Waals surface area contributed by atoms with Gasteiger partial charge in [-0.15, -0.1) is 0 Å². The van der Waals surface area contributed by atoms with Crippen molar-refractivity contribution in [2.75, 3.05) is 5.73 Å². The normalized spacial score (nSPS) is 10.5. The standard InChI is InChI=1S/C12H10F3N3O/c1-6-2-7(13)3-9(14)8(6)5-19-12-17-4-10(15)11(16)18-12/h2-4H,5H2,1H3,(H2,16,17,18). The first-order valence-electron chi connectivity index (χ1n) is 5.32. The monoisotopic (exact) mass is 269 g/mol. The first-order valence-corrected chi connectivity index (χ1v) is 5.32. The fourth-order valence-corrected chi connectivity index (χ4v) is 1.48. The van der Waals surface area contributed by atoms with Crippen molar-refractivity contribution in [1.29, 1.82) is 0 Å². The molecule has 0 unspecified atom stereocenters. The average molecular weight is 269 g/mol. The van der Waals surface area contributed by atoms with Gasteiger partial charge in [0, 0.05) is 11.6 Å². The van der Waals surface area contributed by atoms with Gasteiger partial charge in [-0.2, -0.15) is 4.98 Å². The smallest absolute Gasteiger partial charge is 0.318 e. The fraction of sp³-hybridized carbons (Fsp3) is 0.167. The minimum absolute atomic E-state index is 0.174. The zero-order chi connectivity index (χ0) is 14.0. The van der Waals surface area contributed by atoms with Gasteiger partial charge in [0.25, 0.3) is 0 Å². The van der Waals surface area contributed by atoms with Crippen molar-refractivity contribution in [2.45, 2.75) is 13.5 Å². The molecular weight excluding hydrogens is 259 g/mol. The van der Waals surface area contributed by atoms with Gasteiger partial charge in [-0.3, -0.25) is 0 Å². The van der Waals surface area contributed by atoms with Crippen LogP contribution in [0, 0.1) is 24.4 Å². The van der Waals surface area contributed by atoms with E-state index in [1.807, 2.05) is 0 Å². The molecule has 100 valence electrons. The number of halogens is 3. The van der Waals surface area contributed by atoms with Crippen molar-refractivity contribution in [3.8, 4) is 6.01 Å². The molecule has 0 radical (unpaired) electrons. The molecule has 19 heavy (non-hydrogen) atoms. The maximum absolute atomic E-state index is 13.5. The SMILES string of the molecule is Cc1cc(F)cc(F)c1COc1ncc(F)c(N)n1. The number of nitrogens with zero attached hydrogens (tertiary/aromatic N) is 2. The first-order chi connectivity index (χ1) is 8.97. The van der Waals surface area contributed by atoms with Crippen molar-refractivity contribution in [3.63, 3.8) is 0 Å². The molecule has 4 nitrogen and oxygen atoms in total. The molecular formula is C12H10F3N3O. The first kappa shape index (κ1) is 13.1. The lowest BCUT2D eigenvalue weighted by Gasteiger charge is -2.09. The molecule has 2 aromatic rings. The molecule has 0 amide bonds. The number of nitrogen functional groups attached to an aromatic ring is 1. The zero-order valence-corrected chi connectivity index (χ0v) is 9.95. The van der Waals surface area contributed by atoms with Crippen LogP contribution in [0.2, 0.25) is 0 Å². The van der Waals surface area contributed by atoms with Gasteiger partial charge in [-0.05, 0) is 18.6 Å². The number of aromatic nitrogens is 2. The molecule has 1 aromatic heterocycles. The van der Waals surface area contributed by atoms with Crippen LogP contribution in [0.3, 0.4) is 0 Å². The van der Waals surface area contributed by atoms with Crippen LogP contribution in [0.25, 0.3) is 0 Å². The molecule has 1 aromatic carbocycles. The highest BCUT2D eigenvalue weighted by molar-refractivity contribution is 5.30. The Morgan fingerprint density at radius 3 is 2.58 bits per heavy atom. The second-order valence-electron chi connectivity index (χ2n) is 3.86. The van der Waals surface area contributed by atoms with E-state index in [0.29, 0.717) is 5.56 Å². The van der Waals surface area contributed by atoms with Crippen LogP contribution in [-0.2, 0) is 6.61 Å². The van der Waals surface area contributed by atoms with E-state index in [1.165, 1.54) is 6.07 Å². The number of aryl methyl sites for hydroxylation is 1. The summed E-state index contributed by atoms with van der Waals surface area (Å²) in [5.41, 5.74) is 5.81. The Morgan fingerprint density at radius 2 is 1.95 bits per heavy atom. The second-order valence-corrected chi connectivity index (χ2v) is 3.86. The highest BCUT2D eigenvalue weighted by Gasteiger charge is 2.11. The zero-order valence-electron chi connectivity index (χ0n) is 9.95. The van der Waals surface area contributed by atoms with E-state index in [-0.39, 0.29) is 24.0 Å². The minimum atomic E-state index is -0.767. The highest BCUT2D eigenvalue weighted by Crippen LogP contribution is 2.17. The summed E-state index contributed by atoms with van der Waals surface area (Å²) in [6, 6.07) is 1.76. The van der Waals surface area contributed by atoms with Gasteiger partial charge in [0.1, 0.15) is 18.2 Å². The number of benzene rings is 1. The van der Waals surface area contributed by atoms with Gasteiger partial charge in [0.2, 0.25) is 0 Å². The summed E-state index contributed by atoms with van der Waals surface area (Å²) in [5.74, 6) is -2.52. The lowest BCUT2D eigenvalue weighted by atomic mass is 10.1. The van der Waals surface area contributed by atoms with Crippen LogP contribution in [0.5, 0.6) is 6.01 Å². The number of rotatable bonds is 3. The Kier molecular flexibility index (Phi) is 3.55. The van der Waals surface area contributed by atoms with Gasteiger partial charge in [-0.25, -0.2) is 18.2 Å². The number of anilines is 1. The third kappa shape index (κ3) is 2.93. The molecule has 1 heterocycles. The lowest BCUT2D eigenvalue weighted by molar-refractivity contribution is 0.273. The summed E-state index contributed by atoms with van der Waals surface area (Å²) in [6.45, 7) is 1.34. The third-order valence-electron chi connectivity index (χ3n) is 2.48. The summed E-state index contributed by atoms with van der Waals surface area (Å²) >= 11 is 0. The molecule has 0 saturated carbocycles. The lowest BCUT2D eigenvalue weighted by Crippen LogP contribution is -2.06. The van der Waals surface area contributed by atoms with Crippen LogP contribution in [0.15, 0.2) is 18.3 Å².